The zero-order valence-electron chi connectivity index (χ0n) is 10.3. The highest BCUT2D eigenvalue weighted by molar-refractivity contribution is 5.95. The molecule has 110 valence electrons. The number of carbonyl (C=O) groups is 1. The summed E-state index contributed by atoms with van der Waals surface area (Å²) >= 11 is 0. The minimum Gasteiger partial charge on any atom is -0.435 e. The minimum atomic E-state index is -4.73. The Balaban J connectivity index is 2.49. The molecular weight excluding hydrogens is 292 g/mol. The van der Waals surface area contributed by atoms with E-state index in [-0.39, 0.29) is 11.3 Å². The monoisotopic (exact) mass is 300 g/mol. The van der Waals surface area contributed by atoms with Crippen molar-refractivity contribution in [3.05, 3.63) is 53.5 Å². The van der Waals surface area contributed by atoms with Crippen molar-refractivity contribution in [3.8, 4) is 11.6 Å². The van der Waals surface area contributed by atoms with E-state index in [1.807, 2.05) is 0 Å². The second-order valence-electron chi connectivity index (χ2n) is 3.94. The lowest BCUT2D eigenvalue weighted by Gasteiger charge is -2.12. The molecule has 0 bridgehead atoms. The number of hydrogen-bond acceptors (Lipinski definition) is 3. The Labute approximate surface area is 116 Å². The Morgan fingerprint density at radius 3 is 2.38 bits per heavy atom. The van der Waals surface area contributed by atoms with Gasteiger partial charge in [0.1, 0.15) is 11.3 Å². The molecule has 1 aromatic carbocycles. The predicted octanol–water partition coefficient (Wildman–Crippen LogP) is 3.13. The van der Waals surface area contributed by atoms with Crippen LogP contribution < -0.4 is 10.5 Å². The lowest BCUT2D eigenvalue weighted by molar-refractivity contribution is -0.141. The molecule has 0 fully saturated rings. The van der Waals surface area contributed by atoms with Crippen molar-refractivity contribution in [2.45, 2.75) is 6.18 Å². The fourth-order valence-corrected chi connectivity index (χ4v) is 1.50. The fraction of sp³-hybridized carbons (Fsp3) is 0.0769. The summed E-state index contributed by atoms with van der Waals surface area (Å²) in [6.45, 7) is 0. The first-order valence-corrected chi connectivity index (χ1v) is 5.59. The van der Waals surface area contributed by atoms with Crippen LogP contribution in [-0.2, 0) is 6.18 Å². The number of ether oxygens (including phenoxy) is 1. The van der Waals surface area contributed by atoms with E-state index < -0.39 is 29.5 Å². The molecule has 2 N–H and O–H groups in total. The standard InChI is InChI=1S/C13H8F4N2O2/c14-8-3-1-2-4-9(8)21-12-7(11(18)20)5-6-10(19-12)13(15,16)17/h1-6H,(H2,18,20). The van der Waals surface area contributed by atoms with Gasteiger partial charge in [-0.1, -0.05) is 12.1 Å². The predicted molar refractivity (Wildman–Crippen MR) is 64.2 cm³/mol. The van der Waals surface area contributed by atoms with Crippen LogP contribution in [0.2, 0.25) is 0 Å². The van der Waals surface area contributed by atoms with Crippen molar-refractivity contribution in [1.82, 2.24) is 4.98 Å². The van der Waals surface area contributed by atoms with Crippen LogP contribution >= 0.6 is 0 Å². The van der Waals surface area contributed by atoms with Crippen LogP contribution in [0, 0.1) is 5.82 Å². The largest absolute Gasteiger partial charge is 0.435 e. The number of nitrogens with two attached hydrogens (primary N) is 1. The third-order valence-electron chi connectivity index (χ3n) is 2.46. The van der Waals surface area contributed by atoms with E-state index >= 15 is 0 Å². The molecule has 0 spiro atoms. The summed E-state index contributed by atoms with van der Waals surface area (Å²) in [6, 6.07) is 6.43. The number of nitrogens with zero attached hydrogens (tertiary/aromatic N) is 1. The average Bonchev–Trinajstić information content (AvgIpc) is 2.40. The lowest BCUT2D eigenvalue weighted by atomic mass is 10.2. The van der Waals surface area contributed by atoms with Crippen LogP contribution in [0.1, 0.15) is 16.1 Å². The quantitative estimate of drug-likeness (QED) is 0.886. The number of pyridine rings is 1. The van der Waals surface area contributed by atoms with Crippen LogP contribution in [0.3, 0.4) is 0 Å². The van der Waals surface area contributed by atoms with E-state index in [9.17, 15) is 22.4 Å². The van der Waals surface area contributed by atoms with Crippen molar-refractivity contribution in [3.63, 3.8) is 0 Å². The summed E-state index contributed by atoms with van der Waals surface area (Å²) in [4.78, 5) is 14.4. The summed E-state index contributed by atoms with van der Waals surface area (Å²) in [5.74, 6) is -2.93. The van der Waals surface area contributed by atoms with Crippen LogP contribution in [0.15, 0.2) is 36.4 Å². The van der Waals surface area contributed by atoms with Gasteiger partial charge in [-0.3, -0.25) is 4.79 Å². The molecule has 0 aliphatic heterocycles. The maximum atomic E-state index is 13.5. The van der Waals surface area contributed by atoms with Gasteiger partial charge >= 0.3 is 6.18 Å². The van der Waals surface area contributed by atoms with E-state index in [4.69, 9.17) is 10.5 Å². The van der Waals surface area contributed by atoms with Gasteiger partial charge in [-0.15, -0.1) is 0 Å². The molecular formula is C13H8F4N2O2. The first-order chi connectivity index (χ1) is 9.79. The molecule has 1 amide bonds. The molecule has 0 atom stereocenters. The van der Waals surface area contributed by atoms with Gasteiger partial charge in [0.05, 0.1) is 0 Å². The van der Waals surface area contributed by atoms with Gasteiger partial charge < -0.3 is 10.5 Å². The third-order valence-corrected chi connectivity index (χ3v) is 2.46. The summed E-state index contributed by atoms with van der Waals surface area (Å²) in [6.07, 6.45) is -4.73. The average molecular weight is 300 g/mol. The Morgan fingerprint density at radius 1 is 1.14 bits per heavy atom. The van der Waals surface area contributed by atoms with Crippen molar-refractivity contribution in [1.29, 1.82) is 0 Å². The highest BCUT2D eigenvalue weighted by atomic mass is 19.4. The van der Waals surface area contributed by atoms with Crippen molar-refractivity contribution in [2.24, 2.45) is 5.73 Å². The summed E-state index contributed by atoms with van der Waals surface area (Å²) in [5, 5.41) is 0. The number of primary amides is 1. The Bertz CT molecular complexity index is 686. The molecule has 0 aliphatic rings. The molecule has 2 rings (SSSR count). The number of alkyl halides is 3. The van der Waals surface area contributed by atoms with Gasteiger partial charge in [-0.2, -0.15) is 13.2 Å². The SMILES string of the molecule is NC(=O)c1ccc(C(F)(F)F)nc1Oc1ccccc1F. The first kappa shape index (κ1) is 14.8. The van der Waals surface area contributed by atoms with Gasteiger partial charge in [0.15, 0.2) is 11.6 Å². The second kappa shape index (κ2) is 5.39. The number of amides is 1. The van der Waals surface area contributed by atoms with Crippen molar-refractivity contribution >= 4 is 5.91 Å². The molecule has 0 saturated carbocycles. The normalized spacial score (nSPS) is 11.2. The zero-order valence-corrected chi connectivity index (χ0v) is 10.3. The van der Waals surface area contributed by atoms with Crippen molar-refractivity contribution in [2.75, 3.05) is 0 Å². The van der Waals surface area contributed by atoms with Crippen LogP contribution in [-0.4, -0.2) is 10.9 Å². The highest BCUT2D eigenvalue weighted by Gasteiger charge is 2.34. The number of hydrogen-bond donors (Lipinski definition) is 1. The minimum absolute atomic E-state index is 0.369. The maximum Gasteiger partial charge on any atom is 0.433 e. The molecule has 21 heavy (non-hydrogen) atoms. The van der Waals surface area contributed by atoms with E-state index in [0.717, 1.165) is 12.1 Å². The van der Waals surface area contributed by atoms with E-state index in [0.29, 0.717) is 6.07 Å². The first-order valence-electron chi connectivity index (χ1n) is 5.59. The zero-order chi connectivity index (χ0) is 15.6. The summed E-state index contributed by atoms with van der Waals surface area (Å²) in [5.41, 5.74) is 3.37. The Kier molecular flexibility index (Phi) is 3.79. The van der Waals surface area contributed by atoms with Crippen LogP contribution in [0.4, 0.5) is 17.6 Å². The molecule has 0 radical (unpaired) electrons. The molecule has 4 nitrogen and oxygen atoms in total. The number of aromatic nitrogens is 1. The van der Waals surface area contributed by atoms with E-state index in [1.165, 1.54) is 18.2 Å². The van der Waals surface area contributed by atoms with Gasteiger partial charge in [-0.25, -0.2) is 9.37 Å². The molecule has 0 unspecified atom stereocenters. The van der Waals surface area contributed by atoms with Crippen LogP contribution in [0.5, 0.6) is 11.6 Å². The lowest BCUT2D eigenvalue weighted by Crippen LogP contribution is -2.16. The topological polar surface area (TPSA) is 65.2 Å². The second-order valence-corrected chi connectivity index (χ2v) is 3.94. The Morgan fingerprint density at radius 2 is 1.81 bits per heavy atom. The Hall–Kier alpha value is -2.64. The number of rotatable bonds is 3. The molecule has 8 heteroatoms. The maximum absolute atomic E-state index is 13.5. The van der Waals surface area contributed by atoms with Gasteiger partial charge in [0.2, 0.25) is 5.88 Å². The van der Waals surface area contributed by atoms with E-state index in [1.54, 1.807) is 0 Å². The van der Waals surface area contributed by atoms with Gasteiger partial charge in [0.25, 0.3) is 5.91 Å². The number of para-hydroxylation sites is 1. The van der Waals surface area contributed by atoms with Gasteiger partial charge in [-0.05, 0) is 24.3 Å². The molecule has 0 saturated heterocycles. The molecule has 0 aliphatic carbocycles. The summed E-state index contributed by atoms with van der Waals surface area (Å²) < 4.78 is 56.2. The smallest absolute Gasteiger partial charge is 0.433 e. The van der Waals surface area contributed by atoms with Crippen molar-refractivity contribution < 1.29 is 27.1 Å². The third kappa shape index (κ3) is 3.28. The van der Waals surface area contributed by atoms with Gasteiger partial charge in [0, 0.05) is 0 Å². The van der Waals surface area contributed by atoms with E-state index in [2.05, 4.69) is 4.98 Å². The molecule has 1 heterocycles. The number of benzene rings is 1. The highest BCUT2D eigenvalue weighted by Crippen LogP contribution is 2.32. The molecule has 2 aromatic rings. The fourth-order valence-electron chi connectivity index (χ4n) is 1.50. The number of halogens is 4. The number of carbonyl (C=O) groups excluding carboxylic acids is 1. The van der Waals surface area contributed by atoms with Crippen LogP contribution in [0.25, 0.3) is 0 Å². The molecule has 1 aromatic heterocycles. The summed E-state index contributed by atoms with van der Waals surface area (Å²) in [7, 11) is 0.